The van der Waals surface area contributed by atoms with Crippen molar-refractivity contribution in [3.05, 3.63) is 59.8 Å². The number of amides is 1. The SMILES string of the molecule is CN1CCN(Cc2ccccn2)CC1c1nnc2ccc(C(=O)N3CCCC3)cn12. The number of pyridine rings is 2. The lowest BCUT2D eigenvalue weighted by molar-refractivity contribution is 0.0791. The lowest BCUT2D eigenvalue weighted by Gasteiger charge is -2.38. The maximum absolute atomic E-state index is 12.9. The second-order valence-corrected chi connectivity index (χ2v) is 8.26. The van der Waals surface area contributed by atoms with Crippen molar-refractivity contribution in [2.75, 3.05) is 39.8 Å². The molecule has 1 atom stereocenters. The number of fused-ring (bicyclic) bond motifs is 1. The van der Waals surface area contributed by atoms with Crippen LogP contribution < -0.4 is 0 Å². The Bertz CT molecular complexity index is 1030. The van der Waals surface area contributed by atoms with Gasteiger partial charge in [0.2, 0.25) is 0 Å². The zero-order valence-electron chi connectivity index (χ0n) is 17.3. The van der Waals surface area contributed by atoms with E-state index in [0.29, 0.717) is 5.56 Å². The van der Waals surface area contributed by atoms with Gasteiger partial charge >= 0.3 is 0 Å². The van der Waals surface area contributed by atoms with E-state index in [9.17, 15) is 4.79 Å². The largest absolute Gasteiger partial charge is 0.339 e. The molecule has 1 unspecified atom stereocenters. The van der Waals surface area contributed by atoms with Gasteiger partial charge in [-0.15, -0.1) is 10.2 Å². The summed E-state index contributed by atoms with van der Waals surface area (Å²) in [6, 6.07) is 9.91. The second kappa shape index (κ2) is 8.12. The van der Waals surface area contributed by atoms with E-state index in [1.54, 1.807) is 0 Å². The van der Waals surface area contributed by atoms with E-state index in [1.165, 1.54) is 0 Å². The summed E-state index contributed by atoms with van der Waals surface area (Å²) in [6.07, 6.45) is 5.93. The first kappa shape index (κ1) is 19.1. The number of carbonyl (C=O) groups is 1. The number of hydrogen-bond acceptors (Lipinski definition) is 6. The van der Waals surface area contributed by atoms with Gasteiger partial charge in [-0.05, 0) is 44.2 Å². The van der Waals surface area contributed by atoms with Gasteiger partial charge < -0.3 is 4.90 Å². The first-order chi connectivity index (χ1) is 14.7. The fourth-order valence-corrected chi connectivity index (χ4v) is 4.44. The third-order valence-corrected chi connectivity index (χ3v) is 6.21. The van der Waals surface area contributed by atoms with Crippen LogP contribution in [0, 0.1) is 0 Å². The van der Waals surface area contributed by atoms with Gasteiger partial charge in [-0.1, -0.05) is 6.07 Å². The highest BCUT2D eigenvalue weighted by molar-refractivity contribution is 5.94. The minimum absolute atomic E-state index is 0.0998. The molecule has 30 heavy (non-hydrogen) atoms. The summed E-state index contributed by atoms with van der Waals surface area (Å²) in [6.45, 7) is 5.29. The topological polar surface area (TPSA) is 69.9 Å². The van der Waals surface area contributed by atoms with Crippen LogP contribution in [0.2, 0.25) is 0 Å². The smallest absolute Gasteiger partial charge is 0.255 e. The quantitative estimate of drug-likeness (QED) is 0.660. The first-order valence-electron chi connectivity index (χ1n) is 10.7. The number of hydrogen-bond donors (Lipinski definition) is 0. The van der Waals surface area contributed by atoms with Crippen LogP contribution in [0.4, 0.5) is 0 Å². The number of rotatable bonds is 4. The molecule has 156 valence electrons. The highest BCUT2D eigenvalue weighted by atomic mass is 16.2. The van der Waals surface area contributed by atoms with Crippen molar-refractivity contribution in [1.29, 1.82) is 0 Å². The minimum atomic E-state index is 0.0998. The Labute approximate surface area is 176 Å². The maximum atomic E-state index is 12.9. The molecular weight excluding hydrogens is 378 g/mol. The van der Waals surface area contributed by atoms with Gasteiger partial charge in [0.15, 0.2) is 11.5 Å². The average Bonchev–Trinajstić information content (AvgIpc) is 3.45. The van der Waals surface area contributed by atoms with E-state index >= 15 is 0 Å². The van der Waals surface area contributed by atoms with E-state index in [0.717, 1.165) is 69.3 Å². The maximum Gasteiger partial charge on any atom is 0.255 e. The molecule has 0 radical (unpaired) electrons. The van der Waals surface area contributed by atoms with Gasteiger partial charge in [-0.2, -0.15) is 0 Å². The van der Waals surface area contributed by atoms with Crippen LogP contribution in [0.3, 0.4) is 0 Å². The predicted molar refractivity (Wildman–Crippen MR) is 113 cm³/mol. The summed E-state index contributed by atoms with van der Waals surface area (Å²) in [5, 5.41) is 8.88. The van der Waals surface area contributed by atoms with Gasteiger partial charge in [0.05, 0.1) is 17.3 Å². The lowest BCUT2D eigenvalue weighted by atomic mass is 10.1. The highest BCUT2D eigenvalue weighted by Crippen LogP contribution is 2.25. The second-order valence-electron chi connectivity index (χ2n) is 8.26. The van der Waals surface area contributed by atoms with E-state index in [-0.39, 0.29) is 11.9 Å². The van der Waals surface area contributed by atoms with Crippen LogP contribution in [0.5, 0.6) is 0 Å². The molecule has 0 aromatic carbocycles. The summed E-state index contributed by atoms with van der Waals surface area (Å²) in [5.74, 6) is 0.983. The van der Waals surface area contributed by atoms with Crippen molar-refractivity contribution in [2.45, 2.75) is 25.4 Å². The number of likely N-dealkylation sites (N-methyl/N-ethyl adjacent to an activating group) is 1. The molecule has 0 aliphatic carbocycles. The first-order valence-corrected chi connectivity index (χ1v) is 10.7. The fraction of sp³-hybridized carbons (Fsp3) is 0.455. The van der Waals surface area contributed by atoms with E-state index in [4.69, 9.17) is 0 Å². The molecule has 5 rings (SSSR count). The van der Waals surface area contributed by atoms with Crippen molar-refractivity contribution < 1.29 is 4.79 Å². The molecule has 3 aromatic rings. The molecule has 8 nitrogen and oxygen atoms in total. The summed E-state index contributed by atoms with van der Waals surface area (Å²) in [4.78, 5) is 24.0. The molecule has 3 aromatic heterocycles. The number of carbonyl (C=O) groups excluding carboxylic acids is 1. The Kier molecular flexibility index (Phi) is 5.18. The molecule has 2 aliphatic rings. The Morgan fingerprint density at radius 1 is 1.07 bits per heavy atom. The van der Waals surface area contributed by atoms with E-state index < -0.39 is 0 Å². The van der Waals surface area contributed by atoms with Crippen LogP contribution in [0.25, 0.3) is 5.65 Å². The zero-order valence-corrected chi connectivity index (χ0v) is 17.3. The third kappa shape index (κ3) is 3.68. The molecule has 8 heteroatoms. The Balaban J connectivity index is 1.41. The Morgan fingerprint density at radius 2 is 1.93 bits per heavy atom. The van der Waals surface area contributed by atoms with Gasteiger partial charge in [0.1, 0.15) is 0 Å². The van der Waals surface area contributed by atoms with Crippen molar-refractivity contribution >= 4 is 11.6 Å². The molecule has 0 N–H and O–H groups in total. The molecule has 0 bridgehead atoms. The van der Waals surface area contributed by atoms with Crippen molar-refractivity contribution in [1.82, 2.24) is 34.3 Å². The van der Waals surface area contributed by atoms with Crippen molar-refractivity contribution in [3.8, 4) is 0 Å². The standard InChI is InChI=1S/C22H27N7O/c1-26-12-13-27(15-18-6-2-3-9-23-18)16-19(26)21-25-24-20-8-7-17(14-29(20)21)22(30)28-10-4-5-11-28/h2-3,6-9,14,19H,4-5,10-13,15-16H2,1H3. The summed E-state index contributed by atoms with van der Waals surface area (Å²) in [5.41, 5.74) is 2.55. The number of piperazine rings is 1. The fourth-order valence-electron chi connectivity index (χ4n) is 4.44. The number of nitrogens with zero attached hydrogens (tertiary/aromatic N) is 7. The predicted octanol–water partition coefficient (Wildman–Crippen LogP) is 1.85. The lowest BCUT2D eigenvalue weighted by Crippen LogP contribution is -2.46. The minimum Gasteiger partial charge on any atom is -0.339 e. The van der Waals surface area contributed by atoms with E-state index in [2.05, 4.69) is 38.1 Å². The number of aromatic nitrogens is 4. The molecular formula is C22H27N7O. The Hall–Kier alpha value is -2.84. The van der Waals surface area contributed by atoms with Gasteiger partial charge in [0, 0.05) is 51.7 Å². The van der Waals surface area contributed by atoms with Crippen LogP contribution in [-0.4, -0.2) is 80.0 Å². The average molecular weight is 406 g/mol. The Morgan fingerprint density at radius 3 is 2.73 bits per heavy atom. The normalized spacial score (nSPS) is 20.8. The van der Waals surface area contributed by atoms with Crippen LogP contribution in [0.15, 0.2) is 42.7 Å². The summed E-state index contributed by atoms with van der Waals surface area (Å²) >= 11 is 0. The van der Waals surface area contributed by atoms with Gasteiger partial charge in [0.25, 0.3) is 5.91 Å². The summed E-state index contributed by atoms with van der Waals surface area (Å²) < 4.78 is 1.99. The van der Waals surface area contributed by atoms with Crippen molar-refractivity contribution in [2.24, 2.45) is 0 Å². The zero-order chi connectivity index (χ0) is 20.5. The van der Waals surface area contributed by atoms with Gasteiger partial charge in [-0.25, -0.2) is 0 Å². The third-order valence-electron chi connectivity index (χ3n) is 6.21. The van der Waals surface area contributed by atoms with E-state index in [1.807, 2.05) is 46.0 Å². The summed E-state index contributed by atoms with van der Waals surface area (Å²) in [7, 11) is 2.13. The molecule has 0 spiro atoms. The highest BCUT2D eigenvalue weighted by Gasteiger charge is 2.30. The molecule has 2 aliphatic heterocycles. The molecule has 2 saturated heterocycles. The molecule has 1 amide bonds. The van der Waals surface area contributed by atoms with Crippen molar-refractivity contribution in [3.63, 3.8) is 0 Å². The monoisotopic (exact) mass is 405 g/mol. The molecule has 5 heterocycles. The van der Waals surface area contributed by atoms with Crippen LogP contribution in [0.1, 0.15) is 40.8 Å². The van der Waals surface area contributed by atoms with Crippen LogP contribution in [-0.2, 0) is 6.54 Å². The number of likely N-dealkylation sites (tertiary alicyclic amines) is 1. The molecule has 2 fully saturated rings. The van der Waals surface area contributed by atoms with Crippen LogP contribution >= 0.6 is 0 Å². The molecule has 0 saturated carbocycles. The van der Waals surface area contributed by atoms with Gasteiger partial charge in [-0.3, -0.25) is 24.0 Å².